The Balaban J connectivity index is 1.73. The minimum Gasteiger partial charge on any atom is -0.490 e. The Morgan fingerprint density at radius 1 is 1.36 bits per heavy atom. The number of carboxylic acids is 1. The molecule has 22 heavy (non-hydrogen) atoms. The number of rotatable bonds is 4. The molecule has 1 aliphatic heterocycles. The summed E-state index contributed by atoms with van der Waals surface area (Å²) in [6.45, 7) is 2.07. The van der Waals surface area contributed by atoms with E-state index in [0.717, 1.165) is 37.2 Å². The van der Waals surface area contributed by atoms with Gasteiger partial charge in [0, 0.05) is 24.7 Å². The molecular weight excluding hydrogens is 284 g/mol. The van der Waals surface area contributed by atoms with Crippen LogP contribution in [0.1, 0.15) is 23.3 Å². The number of aromatic carboxylic acids is 1. The number of ether oxygens (including phenoxy) is 1. The molecule has 0 amide bonds. The summed E-state index contributed by atoms with van der Waals surface area (Å²) in [6.07, 6.45) is 2.23. The SMILES string of the molecule is CN1CCC(Oc2cccc(-c3cc(C(=O)O)no3)c2)CC1. The molecule has 0 bridgehead atoms. The normalized spacial score (nSPS) is 16.6. The van der Waals surface area contributed by atoms with Crippen LogP contribution in [0, 0.1) is 0 Å². The lowest BCUT2D eigenvalue weighted by atomic mass is 10.1. The molecule has 3 rings (SSSR count). The molecule has 1 aromatic heterocycles. The van der Waals surface area contributed by atoms with Gasteiger partial charge in [-0.3, -0.25) is 0 Å². The maximum atomic E-state index is 10.9. The highest BCUT2D eigenvalue weighted by molar-refractivity contribution is 5.86. The number of carbonyl (C=O) groups is 1. The molecule has 1 saturated heterocycles. The van der Waals surface area contributed by atoms with Crippen LogP contribution in [0.2, 0.25) is 0 Å². The van der Waals surface area contributed by atoms with Crippen LogP contribution in [-0.4, -0.2) is 47.4 Å². The number of hydrogen-bond acceptors (Lipinski definition) is 5. The van der Waals surface area contributed by atoms with Crippen molar-refractivity contribution < 1.29 is 19.2 Å². The Bertz CT molecular complexity index is 660. The van der Waals surface area contributed by atoms with Gasteiger partial charge in [-0.25, -0.2) is 4.79 Å². The van der Waals surface area contributed by atoms with E-state index in [4.69, 9.17) is 14.4 Å². The lowest BCUT2D eigenvalue weighted by molar-refractivity contribution is 0.0686. The van der Waals surface area contributed by atoms with Crippen molar-refractivity contribution in [3.63, 3.8) is 0 Å². The van der Waals surface area contributed by atoms with Gasteiger partial charge in [-0.15, -0.1) is 0 Å². The van der Waals surface area contributed by atoms with E-state index < -0.39 is 5.97 Å². The first-order chi connectivity index (χ1) is 10.6. The van der Waals surface area contributed by atoms with Crippen LogP contribution < -0.4 is 4.74 Å². The molecule has 1 N–H and O–H groups in total. The van der Waals surface area contributed by atoms with Gasteiger partial charge in [-0.05, 0) is 32.0 Å². The van der Waals surface area contributed by atoms with Gasteiger partial charge in [-0.2, -0.15) is 0 Å². The van der Waals surface area contributed by atoms with Gasteiger partial charge in [0.05, 0.1) is 0 Å². The van der Waals surface area contributed by atoms with Crippen LogP contribution >= 0.6 is 0 Å². The molecular formula is C16H18N2O4. The van der Waals surface area contributed by atoms with Crippen LogP contribution in [0.4, 0.5) is 0 Å². The molecule has 2 aromatic rings. The van der Waals surface area contributed by atoms with E-state index >= 15 is 0 Å². The molecule has 116 valence electrons. The van der Waals surface area contributed by atoms with Crippen molar-refractivity contribution in [2.45, 2.75) is 18.9 Å². The monoisotopic (exact) mass is 302 g/mol. The molecule has 0 spiro atoms. The van der Waals surface area contributed by atoms with E-state index in [9.17, 15) is 4.79 Å². The van der Waals surface area contributed by atoms with Crippen molar-refractivity contribution >= 4 is 5.97 Å². The molecule has 6 nitrogen and oxygen atoms in total. The van der Waals surface area contributed by atoms with E-state index in [2.05, 4.69) is 17.1 Å². The predicted octanol–water partition coefficient (Wildman–Crippen LogP) is 2.51. The van der Waals surface area contributed by atoms with Crippen LogP contribution in [0.25, 0.3) is 11.3 Å². The second-order valence-electron chi connectivity index (χ2n) is 5.53. The maximum Gasteiger partial charge on any atom is 0.358 e. The molecule has 0 radical (unpaired) electrons. The number of aromatic nitrogens is 1. The third-order valence-electron chi connectivity index (χ3n) is 3.82. The summed E-state index contributed by atoms with van der Waals surface area (Å²) in [4.78, 5) is 13.1. The second-order valence-corrected chi connectivity index (χ2v) is 5.53. The fourth-order valence-electron chi connectivity index (χ4n) is 2.53. The van der Waals surface area contributed by atoms with Gasteiger partial charge in [-0.1, -0.05) is 17.3 Å². The van der Waals surface area contributed by atoms with Gasteiger partial charge in [0.15, 0.2) is 11.5 Å². The lowest BCUT2D eigenvalue weighted by Gasteiger charge is -2.29. The fraction of sp³-hybridized carbons (Fsp3) is 0.375. The van der Waals surface area contributed by atoms with E-state index in [0.29, 0.717) is 5.76 Å². The molecule has 0 saturated carbocycles. The predicted molar refractivity (Wildman–Crippen MR) is 80.0 cm³/mol. The van der Waals surface area contributed by atoms with Gasteiger partial charge in [0.25, 0.3) is 0 Å². The number of carboxylic acid groups (broad SMARTS) is 1. The first kappa shape index (κ1) is 14.6. The quantitative estimate of drug-likeness (QED) is 0.935. The van der Waals surface area contributed by atoms with Gasteiger partial charge in [0.2, 0.25) is 0 Å². The molecule has 0 atom stereocenters. The van der Waals surface area contributed by atoms with E-state index in [1.54, 1.807) is 0 Å². The largest absolute Gasteiger partial charge is 0.490 e. The molecule has 0 aliphatic carbocycles. The number of nitrogens with zero attached hydrogens (tertiary/aromatic N) is 2. The Hall–Kier alpha value is -2.34. The topological polar surface area (TPSA) is 75.8 Å². The van der Waals surface area contributed by atoms with Gasteiger partial charge < -0.3 is 19.3 Å². The molecule has 1 aromatic carbocycles. The zero-order valence-corrected chi connectivity index (χ0v) is 12.4. The summed E-state index contributed by atoms with van der Waals surface area (Å²) in [6, 6.07) is 8.87. The van der Waals surface area contributed by atoms with Crippen molar-refractivity contribution in [1.82, 2.24) is 10.1 Å². The summed E-state index contributed by atoms with van der Waals surface area (Å²) in [5, 5.41) is 12.4. The number of likely N-dealkylation sites (tertiary alicyclic amines) is 1. The van der Waals surface area contributed by atoms with Crippen LogP contribution in [-0.2, 0) is 0 Å². The second kappa shape index (κ2) is 6.19. The van der Waals surface area contributed by atoms with Crippen molar-refractivity contribution in [3.8, 4) is 17.1 Å². The molecule has 1 aliphatic rings. The third-order valence-corrected chi connectivity index (χ3v) is 3.82. The Morgan fingerprint density at radius 2 is 2.14 bits per heavy atom. The summed E-state index contributed by atoms with van der Waals surface area (Å²) < 4.78 is 11.1. The molecule has 6 heteroatoms. The smallest absolute Gasteiger partial charge is 0.358 e. The van der Waals surface area contributed by atoms with Crippen LogP contribution in [0.15, 0.2) is 34.9 Å². The highest BCUT2D eigenvalue weighted by atomic mass is 16.5. The number of benzene rings is 1. The minimum atomic E-state index is -1.10. The Morgan fingerprint density at radius 3 is 2.82 bits per heavy atom. The first-order valence-corrected chi connectivity index (χ1v) is 7.27. The molecule has 2 heterocycles. The van der Waals surface area contributed by atoms with Gasteiger partial charge >= 0.3 is 5.97 Å². The van der Waals surface area contributed by atoms with Crippen molar-refractivity contribution in [2.75, 3.05) is 20.1 Å². The number of hydrogen-bond donors (Lipinski definition) is 1. The summed E-state index contributed by atoms with van der Waals surface area (Å²) >= 11 is 0. The molecule has 1 fully saturated rings. The van der Waals surface area contributed by atoms with Crippen molar-refractivity contribution in [1.29, 1.82) is 0 Å². The zero-order valence-electron chi connectivity index (χ0n) is 12.4. The Kier molecular flexibility index (Phi) is 4.11. The van der Waals surface area contributed by atoms with Crippen LogP contribution in [0.5, 0.6) is 5.75 Å². The van der Waals surface area contributed by atoms with Crippen LogP contribution in [0.3, 0.4) is 0 Å². The highest BCUT2D eigenvalue weighted by Crippen LogP contribution is 2.26. The first-order valence-electron chi connectivity index (χ1n) is 7.27. The van der Waals surface area contributed by atoms with E-state index in [-0.39, 0.29) is 11.8 Å². The summed E-state index contributed by atoms with van der Waals surface area (Å²) in [7, 11) is 2.11. The summed E-state index contributed by atoms with van der Waals surface area (Å²) in [5.74, 6) is 0.0836. The van der Waals surface area contributed by atoms with E-state index in [1.165, 1.54) is 6.07 Å². The zero-order chi connectivity index (χ0) is 15.5. The maximum absolute atomic E-state index is 10.9. The standard InChI is InChI=1S/C16H18N2O4/c1-18-7-5-12(6-8-18)21-13-4-2-3-11(9-13)15-10-14(16(19)20)17-22-15/h2-4,9-10,12H,5-8H2,1H3,(H,19,20). The summed E-state index contributed by atoms with van der Waals surface area (Å²) in [5.41, 5.74) is 0.655. The molecule has 0 unspecified atom stereocenters. The van der Waals surface area contributed by atoms with E-state index in [1.807, 2.05) is 24.3 Å². The lowest BCUT2D eigenvalue weighted by Crippen LogP contribution is -2.35. The average Bonchev–Trinajstić information content (AvgIpc) is 3.00. The highest BCUT2D eigenvalue weighted by Gasteiger charge is 2.18. The van der Waals surface area contributed by atoms with Crippen molar-refractivity contribution in [2.24, 2.45) is 0 Å². The number of piperidine rings is 1. The third kappa shape index (κ3) is 3.28. The fourth-order valence-corrected chi connectivity index (χ4v) is 2.53. The average molecular weight is 302 g/mol. The van der Waals surface area contributed by atoms with Gasteiger partial charge in [0.1, 0.15) is 11.9 Å². The minimum absolute atomic E-state index is 0.100. The Labute approximate surface area is 128 Å². The van der Waals surface area contributed by atoms with Crippen molar-refractivity contribution in [3.05, 3.63) is 36.0 Å².